The highest BCUT2D eigenvalue weighted by atomic mass is 16.2. The van der Waals surface area contributed by atoms with Crippen molar-refractivity contribution in [1.29, 1.82) is 0 Å². The molecule has 0 spiro atoms. The number of carbonyl (C=O) groups excluding carboxylic acids is 3. The normalized spacial score (nSPS) is 18.7. The summed E-state index contributed by atoms with van der Waals surface area (Å²) in [5.74, 6) is -0.306. The lowest BCUT2D eigenvalue weighted by Crippen LogP contribution is -2.61. The van der Waals surface area contributed by atoms with Crippen LogP contribution in [0.25, 0.3) is 0 Å². The van der Waals surface area contributed by atoms with Gasteiger partial charge in [0.05, 0.1) is 0 Å². The fourth-order valence-corrected chi connectivity index (χ4v) is 3.72. The third-order valence-electron chi connectivity index (χ3n) is 5.77. The monoisotopic (exact) mass is 416 g/mol. The molecule has 0 bridgehead atoms. The van der Waals surface area contributed by atoms with Gasteiger partial charge in [-0.15, -0.1) is 0 Å². The Bertz CT molecular complexity index is 765. The third kappa shape index (κ3) is 5.74. The van der Waals surface area contributed by atoms with Crippen LogP contribution in [0.2, 0.25) is 0 Å². The first-order chi connectivity index (χ1) is 14.1. The van der Waals surface area contributed by atoms with E-state index in [9.17, 15) is 14.4 Å². The molecule has 1 heterocycles. The molecule has 2 N–H and O–H groups in total. The molecule has 0 saturated carbocycles. The molecule has 1 aromatic rings. The number of amides is 4. The van der Waals surface area contributed by atoms with Crippen LogP contribution in [0.4, 0.5) is 4.79 Å². The third-order valence-corrected chi connectivity index (χ3v) is 5.77. The van der Waals surface area contributed by atoms with E-state index in [1.807, 2.05) is 59.7 Å². The topological polar surface area (TPSA) is 81.8 Å². The Morgan fingerprint density at radius 3 is 2.33 bits per heavy atom. The van der Waals surface area contributed by atoms with Crippen molar-refractivity contribution >= 4 is 17.8 Å². The highest BCUT2D eigenvalue weighted by Crippen LogP contribution is 2.17. The second-order valence-corrected chi connectivity index (χ2v) is 8.58. The van der Waals surface area contributed by atoms with Gasteiger partial charge in [-0.3, -0.25) is 9.59 Å². The molecule has 2 rings (SSSR count). The summed E-state index contributed by atoms with van der Waals surface area (Å²) in [6.07, 6.45) is 0.775. The van der Waals surface area contributed by atoms with Crippen LogP contribution in [0.5, 0.6) is 0 Å². The number of benzene rings is 1. The van der Waals surface area contributed by atoms with Crippen LogP contribution in [0, 0.1) is 12.8 Å². The van der Waals surface area contributed by atoms with Gasteiger partial charge in [-0.1, -0.05) is 38.5 Å². The minimum atomic E-state index is -0.592. The fourth-order valence-electron chi connectivity index (χ4n) is 3.72. The number of carbonyl (C=O) groups is 3. The molecule has 1 aromatic carbocycles. The smallest absolute Gasteiger partial charge is 0.317 e. The molecule has 1 fully saturated rings. The van der Waals surface area contributed by atoms with E-state index in [1.54, 1.807) is 15.9 Å². The Morgan fingerprint density at radius 2 is 1.77 bits per heavy atom. The van der Waals surface area contributed by atoms with Gasteiger partial charge in [-0.05, 0) is 45.2 Å². The summed E-state index contributed by atoms with van der Waals surface area (Å²) in [5, 5.41) is 5.89. The zero-order valence-corrected chi connectivity index (χ0v) is 19.1. The Balaban J connectivity index is 2.10. The van der Waals surface area contributed by atoms with Crippen molar-refractivity contribution in [3.63, 3.8) is 0 Å². The van der Waals surface area contributed by atoms with Crippen molar-refractivity contribution in [2.24, 2.45) is 5.92 Å². The summed E-state index contributed by atoms with van der Waals surface area (Å²) < 4.78 is 0. The van der Waals surface area contributed by atoms with E-state index in [2.05, 4.69) is 10.6 Å². The minimum Gasteiger partial charge on any atom is -0.340 e. The molecular formula is C23H36N4O3. The summed E-state index contributed by atoms with van der Waals surface area (Å²) in [7, 11) is 0. The summed E-state index contributed by atoms with van der Waals surface area (Å²) in [6, 6.07) is 6.66. The Labute approximate surface area is 180 Å². The number of piperazine rings is 1. The van der Waals surface area contributed by atoms with Gasteiger partial charge >= 0.3 is 6.03 Å². The predicted molar refractivity (Wildman–Crippen MR) is 118 cm³/mol. The molecule has 4 amide bonds. The summed E-state index contributed by atoms with van der Waals surface area (Å²) in [4.78, 5) is 42.1. The van der Waals surface area contributed by atoms with E-state index < -0.39 is 6.04 Å². The van der Waals surface area contributed by atoms with E-state index in [0.29, 0.717) is 25.2 Å². The van der Waals surface area contributed by atoms with Crippen LogP contribution in [0.15, 0.2) is 24.3 Å². The van der Waals surface area contributed by atoms with Crippen LogP contribution in [-0.4, -0.2) is 65.4 Å². The van der Waals surface area contributed by atoms with Crippen LogP contribution in [0.1, 0.15) is 57.0 Å². The minimum absolute atomic E-state index is 0.00282. The lowest BCUT2D eigenvalue weighted by molar-refractivity contribution is -0.136. The zero-order chi connectivity index (χ0) is 22.4. The largest absolute Gasteiger partial charge is 0.340 e. The SMILES string of the molecule is CCC(C)C(NC(=O)c1ccccc1C)C(=O)N1CCN(C(=O)NC(C)C)C(C)C1. The lowest BCUT2D eigenvalue weighted by atomic mass is 9.96. The van der Waals surface area contributed by atoms with Gasteiger partial charge in [-0.2, -0.15) is 0 Å². The number of urea groups is 1. The Hall–Kier alpha value is -2.57. The van der Waals surface area contributed by atoms with Gasteiger partial charge < -0.3 is 20.4 Å². The van der Waals surface area contributed by atoms with E-state index in [0.717, 1.165) is 12.0 Å². The van der Waals surface area contributed by atoms with Gasteiger partial charge in [0.25, 0.3) is 5.91 Å². The van der Waals surface area contributed by atoms with E-state index in [4.69, 9.17) is 0 Å². The fraction of sp³-hybridized carbons (Fsp3) is 0.609. The van der Waals surface area contributed by atoms with Crippen molar-refractivity contribution in [1.82, 2.24) is 20.4 Å². The molecule has 0 radical (unpaired) electrons. The van der Waals surface area contributed by atoms with Crippen molar-refractivity contribution in [2.75, 3.05) is 19.6 Å². The molecule has 1 aliphatic rings. The van der Waals surface area contributed by atoms with E-state index in [1.165, 1.54) is 0 Å². The number of rotatable bonds is 6. The van der Waals surface area contributed by atoms with Gasteiger partial charge in [0.1, 0.15) is 6.04 Å². The Kier molecular flexibility index (Phi) is 8.26. The van der Waals surface area contributed by atoms with E-state index >= 15 is 0 Å². The summed E-state index contributed by atoms with van der Waals surface area (Å²) in [5.41, 5.74) is 1.46. The quantitative estimate of drug-likeness (QED) is 0.748. The second kappa shape index (κ2) is 10.5. The molecule has 1 saturated heterocycles. The zero-order valence-electron chi connectivity index (χ0n) is 19.1. The van der Waals surface area contributed by atoms with Crippen LogP contribution in [-0.2, 0) is 4.79 Å². The summed E-state index contributed by atoms with van der Waals surface area (Å²) >= 11 is 0. The number of hydrogen-bond donors (Lipinski definition) is 2. The number of hydrogen-bond acceptors (Lipinski definition) is 3. The maximum Gasteiger partial charge on any atom is 0.317 e. The van der Waals surface area contributed by atoms with Gasteiger partial charge in [0.15, 0.2) is 0 Å². The molecule has 7 heteroatoms. The van der Waals surface area contributed by atoms with Crippen molar-refractivity contribution in [3.05, 3.63) is 35.4 Å². The molecule has 1 aliphatic heterocycles. The number of aryl methyl sites for hydroxylation is 1. The lowest BCUT2D eigenvalue weighted by Gasteiger charge is -2.41. The molecule has 30 heavy (non-hydrogen) atoms. The molecule has 166 valence electrons. The van der Waals surface area contributed by atoms with Crippen molar-refractivity contribution in [3.8, 4) is 0 Å². The molecular weight excluding hydrogens is 380 g/mol. The van der Waals surface area contributed by atoms with Gasteiger partial charge in [0.2, 0.25) is 5.91 Å². The molecule has 0 aliphatic carbocycles. The second-order valence-electron chi connectivity index (χ2n) is 8.58. The first-order valence-corrected chi connectivity index (χ1v) is 10.9. The maximum absolute atomic E-state index is 13.3. The highest BCUT2D eigenvalue weighted by molar-refractivity contribution is 5.98. The number of nitrogens with zero attached hydrogens (tertiary/aromatic N) is 2. The first kappa shape index (κ1) is 23.7. The molecule has 3 unspecified atom stereocenters. The molecule has 0 aromatic heterocycles. The summed E-state index contributed by atoms with van der Waals surface area (Å²) in [6.45, 7) is 13.1. The molecule has 7 nitrogen and oxygen atoms in total. The van der Waals surface area contributed by atoms with Crippen molar-refractivity contribution in [2.45, 2.75) is 66.1 Å². The highest BCUT2D eigenvalue weighted by Gasteiger charge is 2.35. The standard InChI is InChI=1S/C23H36N4O3/c1-7-16(4)20(25-21(28)19-11-9-8-10-17(19)5)22(29)26-12-13-27(18(6)14-26)23(30)24-15(2)3/h8-11,15-16,18,20H,7,12-14H2,1-6H3,(H,24,30)(H,25,28). The van der Waals surface area contributed by atoms with E-state index in [-0.39, 0.29) is 35.8 Å². The average molecular weight is 417 g/mol. The van der Waals surface area contributed by atoms with Crippen LogP contribution in [0.3, 0.4) is 0 Å². The van der Waals surface area contributed by atoms with Gasteiger partial charge in [0, 0.05) is 37.3 Å². The van der Waals surface area contributed by atoms with Crippen molar-refractivity contribution < 1.29 is 14.4 Å². The maximum atomic E-state index is 13.3. The Morgan fingerprint density at radius 1 is 1.10 bits per heavy atom. The van der Waals surface area contributed by atoms with Crippen LogP contribution < -0.4 is 10.6 Å². The number of nitrogens with one attached hydrogen (secondary N) is 2. The first-order valence-electron chi connectivity index (χ1n) is 10.9. The van der Waals surface area contributed by atoms with Gasteiger partial charge in [-0.25, -0.2) is 4.79 Å². The predicted octanol–water partition coefficient (Wildman–Crippen LogP) is 2.79. The average Bonchev–Trinajstić information content (AvgIpc) is 2.70. The van der Waals surface area contributed by atoms with Crippen LogP contribution >= 0.6 is 0 Å². The molecule has 3 atom stereocenters.